The van der Waals surface area contributed by atoms with Crippen molar-refractivity contribution in [2.75, 3.05) is 19.8 Å². The average molecular weight is 521 g/mol. The summed E-state index contributed by atoms with van der Waals surface area (Å²) in [6, 6.07) is 0. The average Bonchev–Trinajstić information content (AvgIpc) is 3.13. The van der Waals surface area contributed by atoms with E-state index in [1.807, 2.05) is 13.8 Å². The number of ether oxygens (including phenoxy) is 4. The fourth-order valence-corrected chi connectivity index (χ4v) is 8.12. The summed E-state index contributed by atoms with van der Waals surface area (Å²) in [5.74, 6) is -0.336. The molecule has 0 spiro atoms. The molecule has 7 atom stereocenters. The number of allylic oxidation sites excluding steroid dienone is 1. The Balaban J connectivity index is 1.67. The van der Waals surface area contributed by atoms with Crippen molar-refractivity contribution in [2.24, 2.45) is 28.6 Å². The quantitative estimate of drug-likeness (QED) is 0.482. The van der Waals surface area contributed by atoms with E-state index in [0.717, 1.165) is 18.4 Å². The summed E-state index contributed by atoms with van der Waals surface area (Å²) in [6.07, 6.45) is 3.61. The maximum Gasteiger partial charge on any atom is 0.509 e. The third-order valence-electron chi connectivity index (χ3n) is 9.73. The number of ketones is 2. The Hall–Kier alpha value is -2.42. The molecule has 4 rings (SSSR count). The minimum absolute atomic E-state index is 0.00224. The molecule has 4 aliphatic carbocycles. The molecule has 206 valence electrons. The van der Waals surface area contributed by atoms with Gasteiger partial charge < -0.3 is 24.1 Å². The highest BCUT2D eigenvalue weighted by Crippen LogP contribution is 2.68. The Bertz CT molecular complexity index is 973. The van der Waals surface area contributed by atoms with Gasteiger partial charge in [0.1, 0.15) is 0 Å². The fourth-order valence-electron chi connectivity index (χ4n) is 8.12. The third kappa shape index (κ3) is 4.57. The van der Waals surface area contributed by atoms with Crippen LogP contribution in [0.15, 0.2) is 11.6 Å². The zero-order valence-electron chi connectivity index (χ0n) is 22.4. The van der Waals surface area contributed by atoms with E-state index in [1.165, 1.54) is 0 Å². The molecule has 3 fully saturated rings. The number of aliphatic hydroxyl groups excluding tert-OH is 1. The Labute approximate surface area is 218 Å². The monoisotopic (exact) mass is 520 g/mol. The van der Waals surface area contributed by atoms with E-state index >= 15 is 0 Å². The van der Waals surface area contributed by atoms with Crippen molar-refractivity contribution < 1.29 is 43.2 Å². The van der Waals surface area contributed by atoms with Crippen molar-refractivity contribution in [2.45, 2.75) is 90.8 Å². The summed E-state index contributed by atoms with van der Waals surface area (Å²) >= 11 is 0. The summed E-state index contributed by atoms with van der Waals surface area (Å²) in [7, 11) is 0. The molecule has 1 N–H and O–H groups in total. The van der Waals surface area contributed by atoms with E-state index in [-0.39, 0.29) is 55.0 Å². The van der Waals surface area contributed by atoms with Gasteiger partial charge in [-0.15, -0.1) is 0 Å². The first-order valence-corrected chi connectivity index (χ1v) is 13.6. The number of aliphatic hydroxyl groups is 1. The molecular formula is C28H40O9. The molecule has 0 heterocycles. The molecule has 9 heteroatoms. The Morgan fingerprint density at radius 3 is 2.49 bits per heavy atom. The normalized spacial score (nSPS) is 38.4. The number of fused-ring (bicyclic) bond motifs is 5. The van der Waals surface area contributed by atoms with Gasteiger partial charge in [-0.05, 0) is 81.1 Å². The lowest BCUT2D eigenvalue weighted by Gasteiger charge is -2.60. The van der Waals surface area contributed by atoms with Gasteiger partial charge in [0.15, 0.2) is 18.0 Å². The summed E-state index contributed by atoms with van der Waals surface area (Å²) in [6.45, 7) is 7.23. The summed E-state index contributed by atoms with van der Waals surface area (Å²) in [4.78, 5) is 50.4. The van der Waals surface area contributed by atoms with Gasteiger partial charge in [-0.3, -0.25) is 9.59 Å². The predicted octanol–water partition coefficient (Wildman–Crippen LogP) is 4.53. The molecule has 0 aromatic heterocycles. The second-order valence-electron chi connectivity index (χ2n) is 11.5. The van der Waals surface area contributed by atoms with E-state index in [0.29, 0.717) is 25.7 Å². The first-order valence-electron chi connectivity index (χ1n) is 13.6. The molecule has 3 saturated carbocycles. The second-order valence-corrected chi connectivity index (χ2v) is 11.5. The lowest BCUT2D eigenvalue weighted by Crippen LogP contribution is -2.63. The van der Waals surface area contributed by atoms with E-state index < -0.39 is 41.8 Å². The van der Waals surface area contributed by atoms with Crippen molar-refractivity contribution in [1.82, 2.24) is 0 Å². The van der Waals surface area contributed by atoms with Crippen LogP contribution in [0.5, 0.6) is 0 Å². The molecule has 37 heavy (non-hydrogen) atoms. The molecule has 0 aliphatic heterocycles. The first kappa shape index (κ1) is 27.6. The zero-order chi connectivity index (χ0) is 27.0. The molecular weight excluding hydrogens is 480 g/mol. The molecule has 0 amide bonds. The van der Waals surface area contributed by atoms with Gasteiger partial charge in [-0.1, -0.05) is 26.3 Å². The molecule has 0 unspecified atom stereocenters. The minimum atomic E-state index is -1.60. The zero-order valence-corrected chi connectivity index (χ0v) is 22.4. The highest BCUT2D eigenvalue weighted by molar-refractivity contribution is 5.93. The lowest BCUT2D eigenvalue weighted by molar-refractivity contribution is -0.187. The predicted molar refractivity (Wildman–Crippen MR) is 132 cm³/mol. The molecule has 0 aromatic carbocycles. The largest absolute Gasteiger partial charge is 0.509 e. The number of carbonyl (C=O) groups excluding carboxylic acids is 4. The molecule has 0 aromatic rings. The van der Waals surface area contributed by atoms with E-state index in [9.17, 15) is 24.3 Å². The van der Waals surface area contributed by atoms with Crippen LogP contribution < -0.4 is 0 Å². The molecule has 0 radical (unpaired) electrons. The van der Waals surface area contributed by atoms with Gasteiger partial charge in [0, 0.05) is 11.8 Å². The molecule has 4 aliphatic rings. The van der Waals surface area contributed by atoms with Crippen molar-refractivity contribution in [3.05, 3.63) is 11.6 Å². The topological polar surface area (TPSA) is 125 Å². The van der Waals surface area contributed by atoms with E-state index in [1.54, 1.807) is 13.0 Å². The number of hydrogen-bond donors (Lipinski definition) is 1. The Kier molecular flexibility index (Phi) is 7.75. The summed E-state index contributed by atoms with van der Waals surface area (Å²) < 4.78 is 20.9. The SMILES string of the molecule is CCCOC(=O)O[C@]1(C(=O)COC(=O)OCC)CC[C@H]2[C@@H]3CCC4=CC(=O)CC[C@]4(C)[C@H]3[C@@H](O)C[C@@]21C. The third-order valence-corrected chi connectivity index (χ3v) is 9.73. The van der Waals surface area contributed by atoms with Crippen LogP contribution in [-0.2, 0) is 28.5 Å². The Morgan fingerprint density at radius 2 is 1.78 bits per heavy atom. The van der Waals surface area contributed by atoms with Crippen LogP contribution in [0.4, 0.5) is 9.59 Å². The maximum atomic E-state index is 13.7. The standard InChI is InChI=1S/C28H40O9/c1-5-13-35-25(33)37-28(22(31)16-36-24(32)34-6-2)12-10-20-19-8-7-17-14-18(29)9-11-26(17,3)23(19)21(30)15-27(20,28)4/h14,19-21,23,30H,5-13,15-16H2,1-4H3/t19-,20-,21-,23+,26-,27-,28-/m0/s1. The van der Waals surface area contributed by atoms with Crippen LogP contribution in [0.2, 0.25) is 0 Å². The lowest BCUT2D eigenvalue weighted by atomic mass is 9.45. The van der Waals surface area contributed by atoms with Crippen LogP contribution >= 0.6 is 0 Å². The number of Topliss-reactive ketones (excluding diaryl/α,β-unsaturated/α-hetero) is 1. The number of rotatable bonds is 7. The highest BCUT2D eigenvalue weighted by atomic mass is 16.7. The van der Waals surface area contributed by atoms with Crippen molar-refractivity contribution in [3.63, 3.8) is 0 Å². The van der Waals surface area contributed by atoms with Gasteiger partial charge in [0.25, 0.3) is 0 Å². The van der Waals surface area contributed by atoms with Crippen LogP contribution in [-0.4, -0.2) is 60.5 Å². The van der Waals surface area contributed by atoms with Gasteiger partial charge in [-0.2, -0.15) is 0 Å². The Morgan fingerprint density at radius 1 is 1.03 bits per heavy atom. The van der Waals surface area contributed by atoms with Gasteiger partial charge in [-0.25, -0.2) is 9.59 Å². The van der Waals surface area contributed by atoms with Gasteiger partial charge in [0.2, 0.25) is 5.78 Å². The van der Waals surface area contributed by atoms with E-state index in [2.05, 4.69) is 6.92 Å². The number of hydrogen-bond acceptors (Lipinski definition) is 9. The fraction of sp³-hybridized carbons (Fsp3) is 0.786. The second kappa shape index (κ2) is 10.4. The highest BCUT2D eigenvalue weighted by Gasteiger charge is 2.70. The minimum Gasteiger partial charge on any atom is -0.435 e. The van der Waals surface area contributed by atoms with Crippen molar-refractivity contribution in [1.29, 1.82) is 0 Å². The number of carbonyl (C=O) groups is 4. The first-order chi connectivity index (χ1) is 17.5. The van der Waals surface area contributed by atoms with Gasteiger partial charge >= 0.3 is 12.3 Å². The van der Waals surface area contributed by atoms with Crippen molar-refractivity contribution in [3.8, 4) is 0 Å². The van der Waals surface area contributed by atoms with Crippen molar-refractivity contribution >= 4 is 23.9 Å². The van der Waals surface area contributed by atoms with Crippen LogP contribution in [0.25, 0.3) is 0 Å². The summed E-state index contributed by atoms with van der Waals surface area (Å²) in [5.41, 5.74) is -1.63. The molecule has 9 nitrogen and oxygen atoms in total. The smallest absolute Gasteiger partial charge is 0.435 e. The van der Waals surface area contributed by atoms with E-state index in [4.69, 9.17) is 18.9 Å². The molecule has 0 bridgehead atoms. The molecule has 0 saturated heterocycles. The van der Waals surface area contributed by atoms with Crippen LogP contribution in [0, 0.1) is 28.6 Å². The van der Waals surface area contributed by atoms with Gasteiger partial charge in [0.05, 0.1) is 19.3 Å². The summed E-state index contributed by atoms with van der Waals surface area (Å²) in [5, 5.41) is 11.7. The van der Waals surface area contributed by atoms with Crippen LogP contribution in [0.1, 0.15) is 79.1 Å². The van der Waals surface area contributed by atoms with Crippen LogP contribution in [0.3, 0.4) is 0 Å². The maximum absolute atomic E-state index is 13.7.